The Morgan fingerprint density at radius 1 is 1.12 bits per heavy atom. The summed E-state index contributed by atoms with van der Waals surface area (Å²) in [6.45, 7) is 2.28. The Labute approximate surface area is 141 Å². The molecule has 2 aromatic rings. The maximum absolute atomic E-state index is 12.2. The molecule has 126 valence electrons. The van der Waals surface area contributed by atoms with Crippen molar-refractivity contribution >= 4 is 11.9 Å². The summed E-state index contributed by atoms with van der Waals surface area (Å²) in [4.78, 5) is 23.4. The number of nitrogens with one attached hydrogen (secondary N) is 1. The van der Waals surface area contributed by atoms with E-state index < -0.39 is 17.9 Å². The van der Waals surface area contributed by atoms with Crippen molar-refractivity contribution in [3.05, 3.63) is 65.7 Å². The molecule has 0 fully saturated rings. The molecule has 0 aromatic heterocycles. The molecular weight excluding hydrogens is 306 g/mol. The number of carboxylic acids is 1. The number of hydrogen-bond donors (Lipinski definition) is 2. The van der Waals surface area contributed by atoms with Gasteiger partial charge in [0.2, 0.25) is 0 Å². The summed E-state index contributed by atoms with van der Waals surface area (Å²) in [6.07, 6.45) is 1.07. The third-order valence-corrected chi connectivity index (χ3v) is 3.53. The molecule has 0 aliphatic heterocycles. The Morgan fingerprint density at radius 3 is 2.54 bits per heavy atom. The number of benzene rings is 2. The zero-order chi connectivity index (χ0) is 17.4. The van der Waals surface area contributed by atoms with Crippen LogP contribution in [-0.2, 0) is 11.4 Å². The maximum atomic E-state index is 12.2. The molecule has 5 nitrogen and oxygen atoms in total. The van der Waals surface area contributed by atoms with E-state index in [1.165, 1.54) is 0 Å². The van der Waals surface area contributed by atoms with Crippen molar-refractivity contribution in [3.63, 3.8) is 0 Å². The van der Waals surface area contributed by atoms with Crippen LogP contribution >= 0.6 is 0 Å². The van der Waals surface area contributed by atoms with Crippen molar-refractivity contribution < 1.29 is 19.4 Å². The predicted octanol–water partition coefficient (Wildman–Crippen LogP) is 3.25. The van der Waals surface area contributed by atoms with Crippen LogP contribution in [0.5, 0.6) is 5.75 Å². The van der Waals surface area contributed by atoms with Crippen molar-refractivity contribution in [3.8, 4) is 5.75 Å². The highest BCUT2D eigenvalue weighted by Crippen LogP contribution is 2.15. The van der Waals surface area contributed by atoms with Crippen LogP contribution in [0.25, 0.3) is 0 Å². The van der Waals surface area contributed by atoms with Gasteiger partial charge in [0, 0.05) is 5.56 Å². The van der Waals surface area contributed by atoms with Crippen molar-refractivity contribution in [2.45, 2.75) is 32.4 Å². The molecular formula is C19H21NO4. The number of carboxylic acid groups (broad SMARTS) is 1. The largest absolute Gasteiger partial charge is 0.489 e. The Kier molecular flexibility index (Phi) is 6.37. The van der Waals surface area contributed by atoms with Crippen molar-refractivity contribution in [2.24, 2.45) is 0 Å². The van der Waals surface area contributed by atoms with E-state index in [4.69, 9.17) is 9.84 Å². The van der Waals surface area contributed by atoms with Crippen LogP contribution in [0.2, 0.25) is 0 Å². The monoisotopic (exact) mass is 327 g/mol. The van der Waals surface area contributed by atoms with E-state index >= 15 is 0 Å². The first kappa shape index (κ1) is 17.5. The lowest BCUT2D eigenvalue weighted by Gasteiger charge is -2.14. The summed E-state index contributed by atoms with van der Waals surface area (Å²) in [5.74, 6) is -0.878. The van der Waals surface area contributed by atoms with Gasteiger partial charge in [0.1, 0.15) is 18.4 Å². The molecule has 0 spiro atoms. The maximum Gasteiger partial charge on any atom is 0.326 e. The van der Waals surface area contributed by atoms with Crippen LogP contribution in [0.4, 0.5) is 0 Å². The average Bonchev–Trinajstić information content (AvgIpc) is 2.60. The third-order valence-electron chi connectivity index (χ3n) is 3.53. The number of ether oxygens (including phenoxy) is 1. The lowest BCUT2D eigenvalue weighted by molar-refractivity contribution is -0.139. The molecule has 1 unspecified atom stereocenters. The first-order chi connectivity index (χ1) is 11.6. The molecule has 0 heterocycles. The van der Waals surface area contributed by atoms with E-state index in [-0.39, 0.29) is 0 Å². The molecule has 0 bridgehead atoms. The minimum absolute atomic E-state index is 0.378. The number of carbonyl (C=O) groups excluding carboxylic acids is 1. The first-order valence-corrected chi connectivity index (χ1v) is 7.90. The molecule has 0 saturated heterocycles. The number of aliphatic carboxylic acids is 1. The van der Waals surface area contributed by atoms with E-state index in [9.17, 15) is 9.59 Å². The molecule has 1 amide bonds. The van der Waals surface area contributed by atoms with Gasteiger partial charge in [-0.2, -0.15) is 0 Å². The lowest BCUT2D eigenvalue weighted by Crippen LogP contribution is -2.40. The second-order valence-corrected chi connectivity index (χ2v) is 5.46. The van der Waals surface area contributed by atoms with Crippen LogP contribution in [-0.4, -0.2) is 23.0 Å². The molecule has 0 aliphatic carbocycles. The van der Waals surface area contributed by atoms with Crippen LogP contribution in [0.3, 0.4) is 0 Å². The highest BCUT2D eigenvalue weighted by molar-refractivity contribution is 5.96. The van der Waals surface area contributed by atoms with Gasteiger partial charge in [-0.1, -0.05) is 49.7 Å². The molecule has 5 heteroatoms. The van der Waals surface area contributed by atoms with Crippen LogP contribution < -0.4 is 10.1 Å². The first-order valence-electron chi connectivity index (χ1n) is 7.90. The smallest absolute Gasteiger partial charge is 0.326 e. The molecule has 1 atom stereocenters. The Morgan fingerprint density at radius 2 is 1.88 bits per heavy atom. The van der Waals surface area contributed by atoms with Gasteiger partial charge in [-0.25, -0.2) is 4.79 Å². The third kappa shape index (κ3) is 5.12. The summed E-state index contributed by atoms with van der Waals surface area (Å²) in [5, 5.41) is 11.7. The summed E-state index contributed by atoms with van der Waals surface area (Å²) in [7, 11) is 0. The fourth-order valence-electron chi connectivity index (χ4n) is 2.26. The van der Waals surface area contributed by atoms with Crippen LogP contribution in [0.1, 0.15) is 35.7 Å². The van der Waals surface area contributed by atoms with Gasteiger partial charge in [-0.05, 0) is 30.2 Å². The minimum Gasteiger partial charge on any atom is -0.489 e. The number of hydrogen-bond acceptors (Lipinski definition) is 3. The number of carbonyl (C=O) groups is 2. The van der Waals surface area contributed by atoms with Crippen LogP contribution in [0, 0.1) is 0 Å². The van der Waals surface area contributed by atoms with E-state index in [1.807, 2.05) is 37.3 Å². The molecule has 2 N–H and O–H groups in total. The SMILES string of the molecule is CCCC(NC(=O)c1cccc(OCc2ccccc2)c1)C(=O)O. The Hall–Kier alpha value is -2.82. The predicted molar refractivity (Wildman–Crippen MR) is 91.0 cm³/mol. The summed E-state index contributed by atoms with van der Waals surface area (Å²) < 4.78 is 5.69. The summed E-state index contributed by atoms with van der Waals surface area (Å²) in [6, 6.07) is 15.6. The minimum atomic E-state index is -1.03. The standard InChI is InChI=1S/C19H21NO4/c1-2-7-17(19(22)23)20-18(21)15-10-6-11-16(12-15)24-13-14-8-4-3-5-9-14/h3-6,8-12,17H,2,7,13H2,1H3,(H,20,21)(H,22,23). The molecule has 2 rings (SSSR count). The normalized spacial score (nSPS) is 11.5. The average molecular weight is 327 g/mol. The van der Waals surface area contributed by atoms with Crippen molar-refractivity contribution in [1.29, 1.82) is 0 Å². The zero-order valence-electron chi connectivity index (χ0n) is 13.6. The molecule has 24 heavy (non-hydrogen) atoms. The molecule has 0 radical (unpaired) electrons. The van der Waals surface area contributed by atoms with E-state index in [0.29, 0.717) is 30.8 Å². The fraction of sp³-hybridized carbons (Fsp3) is 0.263. The lowest BCUT2D eigenvalue weighted by atomic mass is 10.1. The van der Waals surface area contributed by atoms with Gasteiger partial charge in [0.25, 0.3) is 5.91 Å². The fourth-order valence-corrected chi connectivity index (χ4v) is 2.26. The second kappa shape index (κ2) is 8.72. The second-order valence-electron chi connectivity index (χ2n) is 5.46. The summed E-state index contributed by atoms with van der Waals surface area (Å²) >= 11 is 0. The Balaban J connectivity index is 2.00. The van der Waals surface area contributed by atoms with Gasteiger partial charge in [-0.15, -0.1) is 0 Å². The molecule has 0 aliphatic rings. The van der Waals surface area contributed by atoms with Gasteiger partial charge in [0.05, 0.1) is 0 Å². The Bertz CT molecular complexity index is 685. The van der Waals surface area contributed by atoms with Gasteiger partial charge in [0.15, 0.2) is 0 Å². The molecule has 2 aromatic carbocycles. The van der Waals surface area contributed by atoms with E-state index in [2.05, 4.69) is 5.32 Å². The highest BCUT2D eigenvalue weighted by atomic mass is 16.5. The van der Waals surface area contributed by atoms with Gasteiger partial charge < -0.3 is 15.2 Å². The zero-order valence-corrected chi connectivity index (χ0v) is 13.6. The topological polar surface area (TPSA) is 75.6 Å². The van der Waals surface area contributed by atoms with Gasteiger partial charge >= 0.3 is 5.97 Å². The molecule has 0 saturated carbocycles. The van der Waals surface area contributed by atoms with Gasteiger partial charge in [-0.3, -0.25) is 4.79 Å². The van der Waals surface area contributed by atoms with E-state index in [0.717, 1.165) is 5.56 Å². The number of amides is 1. The van der Waals surface area contributed by atoms with Crippen molar-refractivity contribution in [2.75, 3.05) is 0 Å². The number of rotatable bonds is 8. The van der Waals surface area contributed by atoms with E-state index in [1.54, 1.807) is 24.3 Å². The van der Waals surface area contributed by atoms with Crippen molar-refractivity contribution in [1.82, 2.24) is 5.32 Å². The summed E-state index contributed by atoms with van der Waals surface area (Å²) in [5.41, 5.74) is 1.41. The highest BCUT2D eigenvalue weighted by Gasteiger charge is 2.19. The van der Waals surface area contributed by atoms with Crippen LogP contribution in [0.15, 0.2) is 54.6 Å². The quantitative estimate of drug-likeness (QED) is 0.780.